The van der Waals surface area contributed by atoms with Crippen LogP contribution in [0.1, 0.15) is 5.56 Å². The summed E-state index contributed by atoms with van der Waals surface area (Å²) in [5.74, 6) is 0.360. The number of sulfonamides is 1. The predicted molar refractivity (Wildman–Crippen MR) is 134 cm³/mol. The van der Waals surface area contributed by atoms with Gasteiger partial charge >= 0.3 is 0 Å². The van der Waals surface area contributed by atoms with Crippen LogP contribution in [0.25, 0.3) is 0 Å². The Balaban J connectivity index is 1.89. The maximum Gasteiger partial charge on any atom is 0.243 e. The molecule has 0 spiro atoms. The van der Waals surface area contributed by atoms with E-state index in [2.05, 4.69) is 5.32 Å². The Labute approximate surface area is 213 Å². The number of halogens is 3. The van der Waals surface area contributed by atoms with Crippen LogP contribution < -0.4 is 14.8 Å². The van der Waals surface area contributed by atoms with Gasteiger partial charge in [0.15, 0.2) is 11.5 Å². The first-order valence-electron chi connectivity index (χ1n) is 9.85. The van der Waals surface area contributed by atoms with E-state index in [1.54, 1.807) is 36.4 Å². The molecule has 7 nitrogen and oxygen atoms in total. The second-order valence-electron chi connectivity index (χ2n) is 7.09. The number of carbonyl (C=O) groups excluding carboxylic acids is 1. The van der Waals surface area contributed by atoms with Gasteiger partial charge in [-0.05, 0) is 54.1 Å². The van der Waals surface area contributed by atoms with Crippen LogP contribution in [0.3, 0.4) is 0 Å². The molecular weight excluding hydrogens is 523 g/mol. The second-order valence-corrected chi connectivity index (χ2v) is 10.3. The van der Waals surface area contributed by atoms with Crippen LogP contribution in [0.5, 0.6) is 11.5 Å². The Hall–Kier alpha value is -2.49. The lowest BCUT2D eigenvalue weighted by molar-refractivity contribution is -0.116. The molecule has 0 saturated carbocycles. The van der Waals surface area contributed by atoms with Crippen molar-refractivity contribution in [3.63, 3.8) is 0 Å². The van der Waals surface area contributed by atoms with Crippen LogP contribution in [0.2, 0.25) is 15.1 Å². The molecule has 0 saturated heterocycles. The number of nitrogens with zero attached hydrogens (tertiary/aromatic N) is 1. The van der Waals surface area contributed by atoms with Gasteiger partial charge in [-0.15, -0.1) is 0 Å². The Morgan fingerprint density at radius 3 is 2.18 bits per heavy atom. The molecule has 0 heterocycles. The number of amides is 1. The average molecular weight is 544 g/mol. The number of hydrogen-bond donors (Lipinski definition) is 1. The number of methoxy groups -OCH3 is 2. The van der Waals surface area contributed by atoms with Crippen molar-refractivity contribution in [2.75, 3.05) is 26.1 Å². The number of ether oxygens (including phenoxy) is 2. The number of rotatable bonds is 9. The van der Waals surface area contributed by atoms with Crippen molar-refractivity contribution in [2.24, 2.45) is 0 Å². The van der Waals surface area contributed by atoms with Crippen molar-refractivity contribution >= 4 is 56.4 Å². The molecule has 0 aromatic heterocycles. The number of benzene rings is 3. The Morgan fingerprint density at radius 2 is 1.56 bits per heavy atom. The third-order valence-electron chi connectivity index (χ3n) is 4.78. The van der Waals surface area contributed by atoms with E-state index >= 15 is 0 Å². The zero-order valence-corrected chi connectivity index (χ0v) is 21.3. The Kier molecular flexibility index (Phi) is 8.67. The molecular formula is C23H21Cl3N2O5S. The lowest BCUT2D eigenvalue weighted by Crippen LogP contribution is -2.37. The highest BCUT2D eigenvalue weighted by atomic mass is 35.5. The van der Waals surface area contributed by atoms with Crippen molar-refractivity contribution in [2.45, 2.75) is 11.4 Å². The van der Waals surface area contributed by atoms with Gasteiger partial charge < -0.3 is 14.8 Å². The summed E-state index contributed by atoms with van der Waals surface area (Å²) in [4.78, 5) is 12.9. The van der Waals surface area contributed by atoms with Crippen LogP contribution in [-0.2, 0) is 21.4 Å². The first-order valence-corrected chi connectivity index (χ1v) is 12.4. The molecule has 1 amide bonds. The lowest BCUT2D eigenvalue weighted by atomic mass is 10.2. The highest BCUT2D eigenvalue weighted by molar-refractivity contribution is 7.89. The van der Waals surface area contributed by atoms with E-state index in [0.29, 0.717) is 32.8 Å². The molecule has 0 aliphatic rings. The maximum atomic E-state index is 13.4. The van der Waals surface area contributed by atoms with Gasteiger partial charge in [-0.1, -0.05) is 40.9 Å². The predicted octanol–water partition coefficient (Wildman–Crippen LogP) is 5.49. The Morgan fingerprint density at radius 1 is 0.882 bits per heavy atom. The van der Waals surface area contributed by atoms with Crippen LogP contribution in [0.4, 0.5) is 5.69 Å². The first-order chi connectivity index (χ1) is 16.1. The van der Waals surface area contributed by atoms with Crippen LogP contribution in [-0.4, -0.2) is 39.4 Å². The summed E-state index contributed by atoms with van der Waals surface area (Å²) in [7, 11) is -1.08. The first kappa shape index (κ1) is 26.1. The smallest absolute Gasteiger partial charge is 0.243 e. The highest BCUT2D eigenvalue weighted by Gasteiger charge is 2.27. The zero-order valence-electron chi connectivity index (χ0n) is 18.2. The van der Waals surface area contributed by atoms with Crippen molar-refractivity contribution in [3.05, 3.63) is 81.3 Å². The zero-order chi connectivity index (χ0) is 24.9. The standard InChI is InChI=1S/C23H21Cl3N2O5S/c1-32-21-10-6-17(12-22(21)33-2)27-23(29)14-28(13-15-3-9-19(25)20(26)11-15)34(30,31)18-7-4-16(24)5-8-18/h3-12H,13-14H2,1-2H3,(H,27,29). The topological polar surface area (TPSA) is 84.9 Å². The molecule has 0 aliphatic heterocycles. The van der Waals surface area contributed by atoms with Gasteiger partial charge in [-0.3, -0.25) is 4.79 Å². The number of anilines is 1. The molecule has 11 heteroatoms. The molecule has 180 valence electrons. The third kappa shape index (κ3) is 6.34. The highest BCUT2D eigenvalue weighted by Crippen LogP contribution is 2.30. The van der Waals surface area contributed by atoms with Gasteiger partial charge in [0.05, 0.1) is 35.7 Å². The van der Waals surface area contributed by atoms with E-state index in [0.717, 1.165) is 4.31 Å². The fourth-order valence-electron chi connectivity index (χ4n) is 3.10. The fraction of sp³-hybridized carbons (Fsp3) is 0.174. The van der Waals surface area contributed by atoms with Crippen LogP contribution in [0, 0.1) is 0 Å². The molecule has 3 aromatic rings. The molecule has 3 rings (SSSR count). The van der Waals surface area contributed by atoms with Gasteiger partial charge in [0.25, 0.3) is 0 Å². The van der Waals surface area contributed by atoms with Crippen molar-refractivity contribution in [3.8, 4) is 11.5 Å². The summed E-state index contributed by atoms with van der Waals surface area (Å²) >= 11 is 18.0. The molecule has 0 unspecified atom stereocenters. The van der Waals surface area contributed by atoms with Gasteiger partial charge in [0.1, 0.15) is 0 Å². The van der Waals surface area contributed by atoms with E-state index in [1.165, 1.54) is 38.5 Å². The fourth-order valence-corrected chi connectivity index (χ4v) is 4.93. The molecule has 0 aliphatic carbocycles. The monoisotopic (exact) mass is 542 g/mol. The molecule has 0 fully saturated rings. The minimum Gasteiger partial charge on any atom is -0.493 e. The van der Waals surface area contributed by atoms with Crippen LogP contribution >= 0.6 is 34.8 Å². The summed E-state index contributed by atoms with van der Waals surface area (Å²) in [6.45, 7) is -0.569. The van der Waals surface area contributed by atoms with Gasteiger partial charge in [0, 0.05) is 23.3 Å². The average Bonchev–Trinajstić information content (AvgIpc) is 2.81. The number of hydrogen-bond acceptors (Lipinski definition) is 5. The SMILES string of the molecule is COc1ccc(NC(=O)CN(Cc2ccc(Cl)c(Cl)c2)S(=O)(=O)c2ccc(Cl)cc2)cc1OC. The minimum absolute atomic E-state index is 0.00382. The molecule has 0 radical (unpaired) electrons. The van der Waals surface area contributed by atoms with Crippen molar-refractivity contribution in [1.29, 1.82) is 0 Å². The van der Waals surface area contributed by atoms with E-state index in [-0.39, 0.29) is 16.5 Å². The van der Waals surface area contributed by atoms with Gasteiger partial charge in [-0.25, -0.2) is 8.42 Å². The molecule has 34 heavy (non-hydrogen) atoms. The summed E-state index contributed by atoms with van der Waals surface area (Å²) in [6, 6.07) is 15.3. The summed E-state index contributed by atoms with van der Waals surface area (Å²) in [5.41, 5.74) is 0.979. The third-order valence-corrected chi connectivity index (χ3v) is 7.58. The van der Waals surface area contributed by atoms with Crippen molar-refractivity contribution < 1.29 is 22.7 Å². The number of carbonyl (C=O) groups is 1. The quantitative estimate of drug-likeness (QED) is 0.386. The lowest BCUT2D eigenvalue weighted by Gasteiger charge is -2.22. The summed E-state index contributed by atoms with van der Waals surface area (Å²) in [5, 5.41) is 3.69. The van der Waals surface area contributed by atoms with E-state index in [9.17, 15) is 13.2 Å². The maximum absolute atomic E-state index is 13.4. The van der Waals surface area contributed by atoms with Gasteiger partial charge in [0.2, 0.25) is 15.9 Å². The molecule has 0 bridgehead atoms. The van der Waals surface area contributed by atoms with Crippen molar-refractivity contribution in [1.82, 2.24) is 4.31 Å². The summed E-state index contributed by atoms with van der Waals surface area (Å²) in [6.07, 6.45) is 0. The summed E-state index contributed by atoms with van der Waals surface area (Å²) < 4.78 is 38.2. The largest absolute Gasteiger partial charge is 0.493 e. The minimum atomic E-state index is -4.06. The number of nitrogens with one attached hydrogen (secondary N) is 1. The van der Waals surface area contributed by atoms with Gasteiger partial charge in [-0.2, -0.15) is 4.31 Å². The molecule has 1 N–H and O–H groups in total. The Bertz CT molecular complexity index is 1280. The normalized spacial score (nSPS) is 11.4. The van der Waals surface area contributed by atoms with E-state index in [4.69, 9.17) is 44.3 Å². The molecule has 0 atom stereocenters. The van der Waals surface area contributed by atoms with E-state index < -0.39 is 22.5 Å². The van der Waals surface area contributed by atoms with E-state index in [1.807, 2.05) is 0 Å². The van der Waals surface area contributed by atoms with Crippen LogP contribution in [0.15, 0.2) is 65.6 Å². The molecule has 3 aromatic carbocycles. The second kappa shape index (κ2) is 11.3.